The van der Waals surface area contributed by atoms with Crippen LogP contribution >= 0.6 is 0 Å². The molecule has 9 aromatic rings. The van der Waals surface area contributed by atoms with Gasteiger partial charge in [-0.15, -0.1) is 0 Å². The molecule has 0 aliphatic carbocycles. The van der Waals surface area contributed by atoms with E-state index in [2.05, 4.69) is 130 Å². The van der Waals surface area contributed by atoms with E-state index >= 15 is 0 Å². The molecule has 0 aliphatic heterocycles. The van der Waals surface area contributed by atoms with E-state index in [4.69, 9.17) is 8.83 Å². The second kappa shape index (κ2) is 10.2. The Kier molecular flexibility index (Phi) is 5.74. The average Bonchev–Trinajstić information content (AvgIpc) is 3.89. The molecule has 0 unspecified atom stereocenters. The molecule has 0 spiro atoms. The molecule has 5 heteroatoms. The first kappa shape index (κ1) is 25.3. The van der Waals surface area contributed by atoms with Crippen molar-refractivity contribution in [1.82, 2.24) is 14.5 Å². The molecule has 0 aliphatic rings. The van der Waals surface area contributed by atoms with Crippen LogP contribution in [0.1, 0.15) is 0 Å². The van der Waals surface area contributed by atoms with Gasteiger partial charge in [-0.05, 0) is 70.1 Å². The van der Waals surface area contributed by atoms with Gasteiger partial charge < -0.3 is 13.4 Å². The van der Waals surface area contributed by atoms with Crippen molar-refractivity contribution in [3.8, 4) is 50.8 Å². The van der Waals surface area contributed by atoms with Crippen LogP contribution < -0.4 is 0 Å². The fraction of sp³-hybridized carbons (Fsp3) is 0. The average molecular weight is 580 g/mol. The Morgan fingerprint density at radius 1 is 0.422 bits per heavy atom. The molecule has 212 valence electrons. The molecule has 3 aromatic heterocycles. The van der Waals surface area contributed by atoms with Gasteiger partial charge in [0, 0.05) is 27.3 Å². The Labute approximate surface area is 258 Å². The minimum atomic E-state index is 0.613. The van der Waals surface area contributed by atoms with Crippen LogP contribution in [0.3, 0.4) is 0 Å². The Morgan fingerprint density at radius 3 is 1.51 bits per heavy atom. The van der Waals surface area contributed by atoms with Gasteiger partial charge in [-0.3, -0.25) is 0 Å². The summed E-state index contributed by atoms with van der Waals surface area (Å²) < 4.78 is 13.6. The molecule has 0 N–H and O–H groups in total. The summed E-state index contributed by atoms with van der Waals surface area (Å²) in [6.07, 6.45) is 6.56. The van der Waals surface area contributed by atoms with Gasteiger partial charge in [-0.2, -0.15) is 0 Å². The quantitative estimate of drug-likeness (QED) is 0.204. The van der Waals surface area contributed by atoms with Crippen molar-refractivity contribution in [1.29, 1.82) is 0 Å². The van der Waals surface area contributed by atoms with E-state index < -0.39 is 0 Å². The van der Waals surface area contributed by atoms with Gasteiger partial charge in [0.2, 0.25) is 11.8 Å². The first-order valence-corrected chi connectivity index (χ1v) is 14.9. The van der Waals surface area contributed by atoms with Crippen molar-refractivity contribution in [2.75, 3.05) is 0 Å². The second-order valence-corrected chi connectivity index (χ2v) is 11.1. The zero-order chi connectivity index (χ0) is 29.7. The summed E-state index contributed by atoms with van der Waals surface area (Å²) in [5, 5.41) is 4.80. The van der Waals surface area contributed by atoms with Gasteiger partial charge in [0.15, 0.2) is 0 Å². The van der Waals surface area contributed by atoms with Crippen LogP contribution in [-0.2, 0) is 0 Å². The van der Waals surface area contributed by atoms with Crippen LogP contribution in [0.15, 0.2) is 161 Å². The molecule has 0 atom stereocenters. The van der Waals surface area contributed by atoms with E-state index in [0.29, 0.717) is 11.8 Å². The molecule has 9 rings (SSSR count). The maximum absolute atomic E-state index is 5.59. The van der Waals surface area contributed by atoms with Crippen molar-refractivity contribution >= 4 is 32.6 Å². The van der Waals surface area contributed by atoms with Crippen LogP contribution in [0.2, 0.25) is 0 Å². The first-order valence-electron chi connectivity index (χ1n) is 14.9. The molecule has 0 saturated heterocycles. The van der Waals surface area contributed by atoms with E-state index in [1.54, 1.807) is 24.9 Å². The largest absolute Gasteiger partial charge is 0.445 e. The van der Waals surface area contributed by atoms with Gasteiger partial charge in [-0.1, -0.05) is 84.9 Å². The summed E-state index contributed by atoms with van der Waals surface area (Å²) in [6.45, 7) is 0. The monoisotopic (exact) mass is 579 g/mol. The molecule has 0 saturated carbocycles. The van der Waals surface area contributed by atoms with Gasteiger partial charge >= 0.3 is 0 Å². The van der Waals surface area contributed by atoms with Crippen molar-refractivity contribution in [2.24, 2.45) is 0 Å². The van der Waals surface area contributed by atoms with Crippen LogP contribution in [0, 0.1) is 0 Å². The van der Waals surface area contributed by atoms with Crippen molar-refractivity contribution in [3.63, 3.8) is 0 Å². The summed E-state index contributed by atoms with van der Waals surface area (Å²) in [6, 6.07) is 45.3. The summed E-state index contributed by atoms with van der Waals surface area (Å²) in [5.41, 5.74) is 9.78. The molecule has 6 aromatic carbocycles. The summed E-state index contributed by atoms with van der Waals surface area (Å²) in [5.74, 6) is 1.23. The summed E-state index contributed by atoms with van der Waals surface area (Å²) in [4.78, 5) is 8.71. The minimum Gasteiger partial charge on any atom is -0.445 e. The smallest absolute Gasteiger partial charge is 0.225 e. The molecule has 0 bridgehead atoms. The van der Waals surface area contributed by atoms with Crippen LogP contribution in [0.25, 0.3) is 83.4 Å². The molecule has 0 amide bonds. The molecule has 45 heavy (non-hydrogen) atoms. The molecule has 0 radical (unpaired) electrons. The molecular formula is C40H25N3O2. The number of fused-ring (bicyclic) bond motifs is 4. The lowest BCUT2D eigenvalue weighted by atomic mass is 10.00. The van der Waals surface area contributed by atoms with Gasteiger partial charge in [0.1, 0.15) is 12.5 Å². The van der Waals surface area contributed by atoms with Gasteiger partial charge in [-0.25, -0.2) is 9.97 Å². The second-order valence-electron chi connectivity index (χ2n) is 11.1. The highest BCUT2D eigenvalue weighted by molar-refractivity contribution is 6.12. The minimum absolute atomic E-state index is 0.613. The predicted octanol–water partition coefficient (Wildman–Crippen LogP) is 10.6. The molecular weight excluding hydrogens is 554 g/mol. The summed E-state index contributed by atoms with van der Waals surface area (Å²) >= 11 is 0. The Morgan fingerprint density at radius 2 is 0.933 bits per heavy atom. The third-order valence-electron chi connectivity index (χ3n) is 8.53. The van der Waals surface area contributed by atoms with E-state index in [1.807, 2.05) is 12.1 Å². The van der Waals surface area contributed by atoms with E-state index in [9.17, 15) is 0 Å². The number of hydrogen-bond donors (Lipinski definition) is 0. The molecule has 0 fully saturated rings. The van der Waals surface area contributed by atoms with E-state index in [1.165, 1.54) is 21.5 Å². The Hall–Kier alpha value is -6.20. The first-order chi connectivity index (χ1) is 22.3. The predicted molar refractivity (Wildman–Crippen MR) is 180 cm³/mol. The maximum atomic E-state index is 5.59. The van der Waals surface area contributed by atoms with Crippen LogP contribution in [-0.4, -0.2) is 14.5 Å². The van der Waals surface area contributed by atoms with Gasteiger partial charge in [0.05, 0.1) is 29.1 Å². The lowest BCUT2D eigenvalue weighted by Gasteiger charge is -2.13. The van der Waals surface area contributed by atoms with Crippen LogP contribution in [0.4, 0.5) is 0 Å². The lowest BCUT2D eigenvalue weighted by molar-refractivity contribution is 0.574. The molecule has 3 heterocycles. The number of oxazole rings is 2. The Balaban J connectivity index is 1.29. The van der Waals surface area contributed by atoms with Crippen molar-refractivity contribution in [2.45, 2.75) is 0 Å². The van der Waals surface area contributed by atoms with Crippen LogP contribution in [0.5, 0.6) is 0 Å². The third-order valence-corrected chi connectivity index (χ3v) is 8.53. The lowest BCUT2D eigenvalue weighted by Crippen LogP contribution is -1.96. The number of rotatable bonds is 5. The van der Waals surface area contributed by atoms with E-state index in [-0.39, 0.29) is 0 Å². The maximum Gasteiger partial charge on any atom is 0.225 e. The highest BCUT2D eigenvalue weighted by Gasteiger charge is 2.17. The zero-order valence-corrected chi connectivity index (χ0v) is 24.1. The highest BCUT2D eigenvalue weighted by Crippen LogP contribution is 2.39. The SMILES string of the molecule is c1cc(-c2ccc3c4ccc(-c5cccc(-c6ncco6)c5)cc4n(-c4cccc5ccccc45)c3c2)cc(-c2ncco2)c1. The summed E-state index contributed by atoms with van der Waals surface area (Å²) in [7, 11) is 0. The normalized spacial score (nSPS) is 11.6. The van der Waals surface area contributed by atoms with E-state index in [0.717, 1.165) is 50.1 Å². The standard InChI is InChI=1S/C40H25N3O2/c1-2-12-33-26(6-1)7-5-13-36(33)43-37-24-29(27-8-3-10-31(22-27)39-41-18-20-44-39)14-16-34(37)35-17-15-30(25-38(35)43)28-9-4-11-32(23-28)40-42-19-21-45-40/h1-25H. The number of nitrogens with zero attached hydrogens (tertiary/aromatic N) is 3. The number of aromatic nitrogens is 3. The fourth-order valence-electron chi connectivity index (χ4n) is 6.44. The topological polar surface area (TPSA) is 57.0 Å². The fourth-order valence-corrected chi connectivity index (χ4v) is 6.44. The van der Waals surface area contributed by atoms with Gasteiger partial charge in [0.25, 0.3) is 0 Å². The van der Waals surface area contributed by atoms with Crippen molar-refractivity contribution in [3.05, 3.63) is 152 Å². The Bertz CT molecular complexity index is 2350. The number of hydrogen-bond acceptors (Lipinski definition) is 4. The zero-order valence-electron chi connectivity index (χ0n) is 24.1. The number of benzene rings is 6. The molecule has 5 nitrogen and oxygen atoms in total. The third kappa shape index (κ3) is 4.25. The highest BCUT2D eigenvalue weighted by atomic mass is 16.3. The van der Waals surface area contributed by atoms with Crippen molar-refractivity contribution < 1.29 is 8.83 Å².